The van der Waals surface area contributed by atoms with Crippen molar-refractivity contribution in [3.63, 3.8) is 0 Å². The van der Waals surface area contributed by atoms with Gasteiger partial charge in [0, 0.05) is 12.0 Å². The summed E-state index contributed by atoms with van der Waals surface area (Å²) in [7, 11) is 0. The van der Waals surface area contributed by atoms with Crippen LogP contribution >= 0.6 is 11.6 Å². The fourth-order valence-corrected chi connectivity index (χ4v) is 4.12. The number of nitrogens with one attached hydrogen (secondary N) is 1. The molecule has 1 unspecified atom stereocenters. The van der Waals surface area contributed by atoms with Gasteiger partial charge >= 0.3 is 0 Å². The molecule has 5 rings (SSSR count). The van der Waals surface area contributed by atoms with E-state index in [9.17, 15) is 4.79 Å². The van der Waals surface area contributed by atoms with Gasteiger partial charge in [0.25, 0.3) is 11.8 Å². The van der Waals surface area contributed by atoms with E-state index < -0.39 is 6.04 Å². The highest BCUT2D eigenvalue weighted by atomic mass is 35.5. The Morgan fingerprint density at radius 3 is 2.62 bits per heavy atom. The van der Waals surface area contributed by atoms with Crippen LogP contribution in [0.15, 0.2) is 71.3 Å². The predicted octanol–water partition coefficient (Wildman–Crippen LogP) is 5.39. The molecule has 9 nitrogen and oxygen atoms in total. The van der Waals surface area contributed by atoms with Gasteiger partial charge in [0.05, 0.1) is 22.3 Å². The van der Waals surface area contributed by atoms with Gasteiger partial charge in [0.15, 0.2) is 11.6 Å². The summed E-state index contributed by atoms with van der Waals surface area (Å²) < 4.78 is 7.04. The average Bonchev–Trinajstić information content (AvgIpc) is 3.59. The Morgan fingerprint density at radius 1 is 1.08 bits per heavy atom. The van der Waals surface area contributed by atoms with Crippen molar-refractivity contribution in [3.8, 4) is 28.3 Å². The quantitative estimate of drug-likeness (QED) is 0.310. The number of carbonyl (C=O) groups excluding carboxylic acids is 1. The molecule has 0 saturated heterocycles. The van der Waals surface area contributed by atoms with E-state index in [1.807, 2.05) is 62.4 Å². The van der Waals surface area contributed by atoms with E-state index in [0.29, 0.717) is 39.9 Å². The fraction of sp³-hybridized carbons (Fsp3) is 0.185. The molecule has 2 heterocycles. The summed E-state index contributed by atoms with van der Waals surface area (Å²) in [6.07, 6.45) is 0.645. The zero-order valence-electron chi connectivity index (χ0n) is 20.5. The SMILES string of the molecule is CCc1nnnn1-c1cc(C(=O)NC(C)c2noc(-c3ccccc3Cl)n2)cc(-c2ccc(C)cc2)c1. The number of benzene rings is 3. The summed E-state index contributed by atoms with van der Waals surface area (Å²) in [5, 5.41) is 19.5. The minimum atomic E-state index is -0.516. The third-order valence-electron chi connectivity index (χ3n) is 5.94. The molecule has 0 aliphatic carbocycles. The first-order chi connectivity index (χ1) is 17.9. The third kappa shape index (κ3) is 5.12. The van der Waals surface area contributed by atoms with Gasteiger partial charge in [-0.1, -0.05) is 65.6 Å². The van der Waals surface area contributed by atoms with Gasteiger partial charge in [-0.15, -0.1) is 5.10 Å². The van der Waals surface area contributed by atoms with E-state index in [1.54, 1.807) is 29.8 Å². The largest absolute Gasteiger partial charge is 0.342 e. The summed E-state index contributed by atoms with van der Waals surface area (Å²) in [5.41, 5.74) is 4.77. The molecular formula is C27H24ClN7O2. The smallest absolute Gasteiger partial charge is 0.259 e. The average molecular weight is 514 g/mol. The van der Waals surface area contributed by atoms with Crippen molar-refractivity contribution in [2.75, 3.05) is 0 Å². The number of carbonyl (C=O) groups is 1. The van der Waals surface area contributed by atoms with Crippen LogP contribution in [0.2, 0.25) is 5.02 Å². The Kier molecular flexibility index (Phi) is 6.78. The molecule has 10 heteroatoms. The summed E-state index contributed by atoms with van der Waals surface area (Å²) in [6.45, 7) is 5.80. The molecule has 0 saturated carbocycles. The van der Waals surface area contributed by atoms with Crippen LogP contribution in [0.1, 0.15) is 47.5 Å². The topological polar surface area (TPSA) is 112 Å². The van der Waals surface area contributed by atoms with Gasteiger partial charge in [-0.2, -0.15) is 9.67 Å². The summed E-state index contributed by atoms with van der Waals surface area (Å²) in [6, 6.07) is 20.4. The molecule has 1 atom stereocenters. The number of rotatable bonds is 7. The van der Waals surface area contributed by atoms with Gasteiger partial charge in [0.1, 0.15) is 0 Å². The molecule has 37 heavy (non-hydrogen) atoms. The molecule has 0 radical (unpaired) electrons. The second-order valence-electron chi connectivity index (χ2n) is 8.63. The van der Waals surface area contributed by atoms with Crippen LogP contribution in [0.25, 0.3) is 28.3 Å². The van der Waals surface area contributed by atoms with Crippen molar-refractivity contribution < 1.29 is 9.32 Å². The third-order valence-corrected chi connectivity index (χ3v) is 6.27. The number of amides is 1. The maximum absolute atomic E-state index is 13.4. The molecular weight excluding hydrogens is 490 g/mol. The maximum atomic E-state index is 13.4. The molecule has 0 fully saturated rings. The molecule has 5 aromatic rings. The van der Waals surface area contributed by atoms with Crippen LogP contribution in [0.4, 0.5) is 0 Å². The monoisotopic (exact) mass is 513 g/mol. The number of aryl methyl sites for hydroxylation is 2. The Labute approximate surface area is 218 Å². The molecule has 2 aromatic heterocycles. The maximum Gasteiger partial charge on any atom is 0.259 e. The van der Waals surface area contributed by atoms with E-state index in [1.165, 1.54) is 0 Å². The highest BCUT2D eigenvalue weighted by Gasteiger charge is 2.20. The molecule has 0 aliphatic heterocycles. The van der Waals surface area contributed by atoms with E-state index in [4.69, 9.17) is 16.1 Å². The van der Waals surface area contributed by atoms with E-state index >= 15 is 0 Å². The first kappa shape index (κ1) is 24.3. The van der Waals surface area contributed by atoms with Crippen LogP contribution < -0.4 is 5.32 Å². The molecule has 0 aliphatic rings. The lowest BCUT2D eigenvalue weighted by Crippen LogP contribution is -2.27. The first-order valence-corrected chi connectivity index (χ1v) is 12.2. The van der Waals surface area contributed by atoms with E-state index in [-0.39, 0.29) is 11.8 Å². The lowest BCUT2D eigenvalue weighted by molar-refractivity contribution is 0.0938. The van der Waals surface area contributed by atoms with Crippen LogP contribution in [-0.4, -0.2) is 36.3 Å². The first-order valence-electron chi connectivity index (χ1n) is 11.8. The van der Waals surface area contributed by atoms with Crippen molar-refractivity contribution in [1.29, 1.82) is 0 Å². The number of hydrogen-bond acceptors (Lipinski definition) is 7. The standard InChI is InChI=1S/C27H24ClN7O2/c1-4-24-31-33-34-35(24)21-14-19(18-11-9-16(2)10-12-18)13-20(15-21)26(36)29-17(3)25-30-27(37-32-25)22-7-5-6-8-23(22)28/h5-15,17H,4H2,1-3H3,(H,29,36). The van der Waals surface area contributed by atoms with Crippen LogP contribution in [0.3, 0.4) is 0 Å². The summed E-state index contributed by atoms with van der Waals surface area (Å²) in [5.74, 6) is 1.03. The molecule has 0 bridgehead atoms. The van der Waals surface area contributed by atoms with Crippen molar-refractivity contribution in [3.05, 3.63) is 94.5 Å². The second kappa shape index (κ2) is 10.3. The predicted molar refractivity (Wildman–Crippen MR) is 139 cm³/mol. The van der Waals surface area contributed by atoms with Gasteiger partial charge < -0.3 is 9.84 Å². The highest BCUT2D eigenvalue weighted by Crippen LogP contribution is 2.28. The van der Waals surface area contributed by atoms with E-state index in [0.717, 1.165) is 16.7 Å². The number of nitrogens with zero attached hydrogens (tertiary/aromatic N) is 6. The van der Waals surface area contributed by atoms with Crippen molar-refractivity contribution in [2.24, 2.45) is 0 Å². The lowest BCUT2D eigenvalue weighted by atomic mass is 10.0. The van der Waals surface area contributed by atoms with Crippen LogP contribution in [0, 0.1) is 6.92 Å². The van der Waals surface area contributed by atoms with Gasteiger partial charge in [-0.25, -0.2) is 0 Å². The highest BCUT2D eigenvalue weighted by molar-refractivity contribution is 6.33. The Balaban J connectivity index is 1.46. The van der Waals surface area contributed by atoms with Crippen molar-refractivity contribution in [1.82, 2.24) is 35.7 Å². The van der Waals surface area contributed by atoms with Crippen molar-refractivity contribution in [2.45, 2.75) is 33.2 Å². The number of aromatic nitrogens is 6. The zero-order chi connectivity index (χ0) is 25.9. The number of halogens is 1. The van der Waals surface area contributed by atoms with E-state index in [2.05, 4.69) is 31.0 Å². The molecule has 1 amide bonds. The normalized spacial score (nSPS) is 11.9. The minimum absolute atomic E-state index is 0.288. The Bertz CT molecular complexity index is 1560. The van der Waals surface area contributed by atoms with Gasteiger partial charge in [-0.3, -0.25) is 4.79 Å². The second-order valence-corrected chi connectivity index (χ2v) is 9.03. The molecule has 1 N–H and O–H groups in total. The van der Waals surface area contributed by atoms with Crippen LogP contribution in [0.5, 0.6) is 0 Å². The molecule has 186 valence electrons. The number of tetrazole rings is 1. The van der Waals surface area contributed by atoms with Crippen LogP contribution in [-0.2, 0) is 6.42 Å². The lowest BCUT2D eigenvalue weighted by Gasteiger charge is -2.13. The molecule has 3 aromatic carbocycles. The minimum Gasteiger partial charge on any atom is -0.342 e. The van der Waals surface area contributed by atoms with Crippen molar-refractivity contribution >= 4 is 17.5 Å². The Morgan fingerprint density at radius 2 is 1.86 bits per heavy atom. The molecule has 0 spiro atoms. The van der Waals surface area contributed by atoms with Gasteiger partial charge in [-0.05, 0) is 65.7 Å². The fourth-order valence-electron chi connectivity index (χ4n) is 3.90. The Hall–Kier alpha value is -4.37. The zero-order valence-corrected chi connectivity index (χ0v) is 21.3. The summed E-state index contributed by atoms with van der Waals surface area (Å²) >= 11 is 6.25. The summed E-state index contributed by atoms with van der Waals surface area (Å²) in [4.78, 5) is 17.8. The number of hydrogen-bond donors (Lipinski definition) is 1. The van der Waals surface area contributed by atoms with Gasteiger partial charge in [0.2, 0.25) is 0 Å².